The number of anilines is 2. The van der Waals surface area contributed by atoms with Crippen LogP contribution in [-0.2, 0) is 15.1 Å². The number of nitrogens with one attached hydrogen (secondary N) is 3. The smallest absolute Gasteiger partial charge is 0.250 e. The Balaban J connectivity index is 1.77. The maximum absolute atomic E-state index is 13.8. The number of benzene rings is 2. The number of ether oxygens (including phenoxy) is 2. The van der Waals surface area contributed by atoms with Crippen LogP contribution in [-0.4, -0.2) is 32.1 Å². The second-order valence-corrected chi connectivity index (χ2v) is 9.58. The summed E-state index contributed by atoms with van der Waals surface area (Å²) in [6.07, 6.45) is 1.44. The van der Waals surface area contributed by atoms with Crippen LogP contribution in [0.3, 0.4) is 0 Å². The molecule has 4 rings (SSSR count). The van der Waals surface area contributed by atoms with Gasteiger partial charge in [-0.15, -0.1) is 0 Å². The molecular formula is C26H33N3O4. The van der Waals surface area contributed by atoms with E-state index in [2.05, 4.69) is 35.9 Å². The summed E-state index contributed by atoms with van der Waals surface area (Å²) >= 11 is 0. The van der Waals surface area contributed by atoms with Crippen LogP contribution in [0.1, 0.15) is 43.4 Å². The average Bonchev–Trinajstić information content (AvgIpc) is 3.27. The lowest BCUT2D eigenvalue weighted by Gasteiger charge is -2.30. The van der Waals surface area contributed by atoms with Gasteiger partial charge in [-0.1, -0.05) is 31.5 Å². The van der Waals surface area contributed by atoms with Gasteiger partial charge in [-0.2, -0.15) is 0 Å². The standard InChI is InChI=1S/C26H33N3O4/c1-14(2)9-17-12-20(24(30)27-21-13-18(32-5)7-8-22(21)33-6)26(29-17)19-11-15(3)10-16(4)23(19)28-25(26)31/h7-8,10-11,13-14,17,20,29H,9,12H2,1-6H3,(H,27,30)(H,28,31). The molecule has 2 aliphatic heterocycles. The maximum atomic E-state index is 13.8. The van der Waals surface area contributed by atoms with E-state index in [1.54, 1.807) is 32.4 Å². The first kappa shape index (κ1) is 23.1. The molecule has 3 unspecified atom stereocenters. The van der Waals surface area contributed by atoms with Crippen molar-refractivity contribution in [1.29, 1.82) is 0 Å². The first-order valence-corrected chi connectivity index (χ1v) is 11.4. The number of carbonyl (C=O) groups excluding carboxylic acids is 2. The van der Waals surface area contributed by atoms with Crippen LogP contribution in [0.4, 0.5) is 11.4 Å². The van der Waals surface area contributed by atoms with Crippen molar-refractivity contribution >= 4 is 23.2 Å². The number of hydrogen-bond donors (Lipinski definition) is 3. The summed E-state index contributed by atoms with van der Waals surface area (Å²) in [4.78, 5) is 27.3. The second kappa shape index (κ2) is 8.71. The van der Waals surface area contributed by atoms with Crippen LogP contribution < -0.4 is 25.4 Å². The third-order valence-electron chi connectivity index (χ3n) is 6.71. The number of methoxy groups -OCH3 is 2. The predicted octanol–water partition coefficient (Wildman–Crippen LogP) is 4.13. The summed E-state index contributed by atoms with van der Waals surface area (Å²) in [5.74, 6) is 0.601. The number of hydrogen-bond acceptors (Lipinski definition) is 5. The van der Waals surface area contributed by atoms with Crippen molar-refractivity contribution in [3.63, 3.8) is 0 Å². The Morgan fingerprint density at radius 1 is 1.18 bits per heavy atom. The lowest BCUT2D eigenvalue weighted by Crippen LogP contribution is -2.52. The highest BCUT2D eigenvalue weighted by Crippen LogP contribution is 2.49. The molecule has 7 heteroatoms. The van der Waals surface area contributed by atoms with Crippen molar-refractivity contribution in [3.8, 4) is 11.5 Å². The van der Waals surface area contributed by atoms with E-state index in [0.29, 0.717) is 29.5 Å². The second-order valence-electron chi connectivity index (χ2n) is 9.58. The minimum Gasteiger partial charge on any atom is -0.497 e. The number of rotatable bonds is 6. The monoisotopic (exact) mass is 451 g/mol. The molecule has 2 aromatic carbocycles. The van der Waals surface area contributed by atoms with Crippen molar-refractivity contribution in [2.24, 2.45) is 11.8 Å². The van der Waals surface area contributed by atoms with Gasteiger partial charge in [0.15, 0.2) is 0 Å². The zero-order chi connectivity index (χ0) is 23.9. The molecule has 0 bridgehead atoms. The predicted molar refractivity (Wildman–Crippen MR) is 129 cm³/mol. The van der Waals surface area contributed by atoms with Crippen LogP contribution in [0.15, 0.2) is 30.3 Å². The van der Waals surface area contributed by atoms with Gasteiger partial charge < -0.3 is 20.1 Å². The van der Waals surface area contributed by atoms with Gasteiger partial charge >= 0.3 is 0 Å². The minimum absolute atomic E-state index is 0.0467. The Morgan fingerprint density at radius 2 is 1.94 bits per heavy atom. The van der Waals surface area contributed by atoms with E-state index in [1.807, 2.05) is 19.9 Å². The van der Waals surface area contributed by atoms with Crippen molar-refractivity contribution in [2.75, 3.05) is 24.9 Å². The Kier molecular flexibility index (Phi) is 6.10. The summed E-state index contributed by atoms with van der Waals surface area (Å²) < 4.78 is 10.8. The van der Waals surface area contributed by atoms with E-state index in [0.717, 1.165) is 28.8 Å². The van der Waals surface area contributed by atoms with Gasteiger partial charge in [-0.05, 0) is 50.3 Å². The summed E-state index contributed by atoms with van der Waals surface area (Å²) in [6.45, 7) is 8.31. The highest BCUT2D eigenvalue weighted by molar-refractivity contribution is 6.11. The molecule has 3 N–H and O–H groups in total. The van der Waals surface area contributed by atoms with E-state index in [1.165, 1.54) is 0 Å². The molecule has 2 aliphatic rings. The largest absolute Gasteiger partial charge is 0.497 e. The average molecular weight is 452 g/mol. The van der Waals surface area contributed by atoms with Gasteiger partial charge in [-0.3, -0.25) is 14.9 Å². The molecule has 0 aliphatic carbocycles. The third kappa shape index (κ3) is 3.95. The molecule has 2 amide bonds. The number of carbonyl (C=O) groups is 2. The Bertz CT molecular complexity index is 1100. The fourth-order valence-electron chi connectivity index (χ4n) is 5.37. The summed E-state index contributed by atoms with van der Waals surface area (Å²) in [5.41, 5.74) is 3.13. The quantitative estimate of drug-likeness (QED) is 0.615. The SMILES string of the molecule is COc1ccc(OC)c(NC(=O)C2CC(CC(C)C)NC23C(=O)Nc2c(C)cc(C)cc23)c1. The third-order valence-corrected chi connectivity index (χ3v) is 6.71. The van der Waals surface area contributed by atoms with Gasteiger partial charge in [-0.25, -0.2) is 0 Å². The molecule has 33 heavy (non-hydrogen) atoms. The molecule has 3 atom stereocenters. The molecule has 0 aromatic heterocycles. The first-order valence-electron chi connectivity index (χ1n) is 11.4. The van der Waals surface area contributed by atoms with E-state index in [-0.39, 0.29) is 17.9 Å². The Hall–Kier alpha value is -3.06. The van der Waals surface area contributed by atoms with Crippen LogP contribution >= 0.6 is 0 Å². The van der Waals surface area contributed by atoms with E-state index >= 15 is 0 Å². The van der Waals surface area contributed by atoms with Gasteiger partial charge in [0.25, 0.3) is 0 Å². The van der Waals surface area contributed by atoms with E-state index in [4.69, 9.17) is 9.47 Å². The fraction of sp³-hybridized carbons (Fsp3) is 0.462. The number of fused-ring (bicyclic) bond motifs is 2. The molecule has 7 nitrogen and oxygen atoms in total. The fourth-order valence-corrected chi connectivity index (χ4v) is 5.37. The molecule has 176 valence electrons. The highest BCUT2D eigenvalue weighted by Gasteiger charge is 2.60. The van der Waals surface area contributed by atoms with Crippen molar-refractivity contribution in [2.45, 2.75) is 52.1 Å². The number of aryl methyl sites for hydroxylation is 2. The molecule has 0 radical (unpaired) electrons. The topological polar surface area (TPSA) is 88.7 Å². The molecule has 2 heterocycles. The summed E-state index contributed by atoms with van der Waals surface area (Å²) in [6, 6.07) is 9.38. The number of amides is 2. The Morgan fingerprint density at radius 3 is 2.61 bits per heavy atom. The maximum Gasteiger partial charge on any atom is 0.250 e. The minimum atomic E-state index is -1.11. The van der Waals surface area contributed by atoms with Gasteiger partial charge in [0.2, 0.25) is 11.8 Å². The lowest BCUT2D eigenvalue weighted by molar-refractivity contribution is -0.130. The highest BCUT2D eigenvalue weighted by atomic mass is 16.5. The summed E-state index contributed by atoms with van der Waals surface area (Å²) in [7, 11) is 3.13. The van der Waals surface area contributed by atoms with Gasteiger partial charge in [0.1, 0.15) is 17.0 Å². The first-order chi connectivity index (χ1) is 15.7. The summed E-state index contributed by atoms with van der Waals surface area (Å²) in [5, 5.41) is 9.68. The van der Waals surface area contributed by atoms with Crippen LogP contribution in [0.2, 0.25) is 0 Å². The van der Waals surface area contributed by atoms with Crippen molar-refractivity contribution in [1.82, 2.24) is 5.32 Å². The molecule has 0 saturated carbocycles. The van der Waals surface area contributed by atoms with Gasteiger partial charge in [0, 0.05) is 23.4 Å². The normalized spacial score (nSPS) is 23.5. The molecular weight excluding hydrogens is 418 g/mol. The van der Waals surface area contributed by atoms with Gasteiger partial charge in [0.05, 0.1) is 25.8 Å². The lowest BCUT2D eigenvalue weighted by atomic mass is 9.78. The Labute approximate surface area is 195 Å². The van der Waals surface area contributed by atoms with Crippen molar-refractivity contribution < 1.29 is 19.1 Å². The molecule has 2 aromatic rings. The van der Waals surface area contributed by atoms with Crippen LogP contribution in [0.5, 0.6) is 11.5 Å². The molecule has 1 fully saturated rings. The zero-order valence-electron chi connectivity index (χ0n) is 20.2. The van der Waals surface area contributed by atoms with E-state index < -0.39 is 11.5 Å². The van der Waals surface area contributed by atoms with E-state index in [9.17, 15) is 9.59 Å². The van der Waals surface area contributed by atoms with Crippen molar-refractivity contribution in [3.05, 3.63) is 47.0 Å². The van der Waals surface area contributed by atoms with Crippen LogP contribution in [0, 0.1) is 25.7 Å². The molecule has 1 saturated heterocycles. The van der Waals surface area contributed by atoms with Crippen LogP contribution in [0.25, 0.3) is 0 Å². The zero-order valence-corrected chi connectivity index (χ0v) is 20.2. The molecule has 1 spiro atoms.